The lowest BCUT2D eigenvalue weighted by Gasteiger charge is -2.07. The number of carbonyl (C=O) groups is 1. The van der Waals surface area contributed by atoms with Crippen LogP contribution in [0.4, 0.5) is 10.1 Å². The van der Waals surface area contributed by atoms with Crippen molar-refractivity contribution >= 4 is 58.2 Å². The Morgan fingerprint density at radius 2 is 1.86 bits per heavy atom. The third-order valence-corrected chi connectivity index (χ3v) is 4.57. The quantitative estimate of drug-likeness (QED) is 0.727. The molecule has 2 nitrogen and oxygen atoms in total. The molecular formula is C15H11Cl3FNOS. The number of rotatable bonds is 5. The van der Waals surface area contributed by atoms with E-state index >= 15 is 0 Å². The van der Waals surface area contributed by atoms with Gasteiger partial charge in [-0.2, -0.15) is 0 Å². The number of amides is 1. The highest BCUT2D eigenvalue weighted by atomic mass is 35.5. The highest BCUT2D eigenvalue weighted by Gasteiger charge is 2.07. The number of hydrogen-bond donors (Lipinski definition) is 1. The number of halogens is 4. The molecule has 0 aromatic heterocycles. The molecule has 0 aliphatic rings. The predicted molar refractivity (Wildman–Crippen MR) is 92.7 cm³/mol. The van der Waals surface area contributed by atoms with E-state index in [-0.39, 0.29) is 16.7 Å². The zero-order valence-electron chi connectivity index (χ0n) is 11.2. The van der Waals surface area contributed by atoms with E-state index in [1.54, 1.807) is 12.1 Å². The molecule has 1 amide bonds. The molecule has 2 aromatic carbocycles. The Morgan fingerprint density at radius 1 is 1.09 bits per heavy atom. The van der Waals surface area contributed by atoms with Crippen LogP contribution >= 0.6 is 46.6 Å². The van der Waals surface area contributed by atoms with Gasteiger partial charge in [0.1, 0.15) is 5.82 Å². The molecule has 2 rings (SSSR count). The Balaban J connectivity index is 1.83. The number of thioether (sulfide) groups is 1. The van der Waals surface area contributed by atoms with Crippen molar-refractivity contribution in [3.63, 3.8) is 0 Å². The topological polar surface area (TPSA) is 29.1 Å². The van der Waals surface area contributed by atoms with Crippen molar-refractivity contribution in [3.8, 4) is 0 Å². The molecule has 1 N–H and O–H groups in total. The molecule has 0 aliphatic carbocycles. The number of carbonyl (C=O) groups excluding carboxylic acids is 1. The van der Waals surface area contributed by atoms with E-state index in [0.29, 0.717) is 21.5 Å². The smallest absolute Gasteiger partial charge is 0.234 e. The first-order valence-electron chi connectivity index (χ1n) is 6.22. The van der Waals surface area contributed by atoms with Crippen molar-refractivity contribution in [2.24, 2.45) is 0 Å². The van der Waals surface area contributed by atoms with Crippen LogP contribution < -0.4 is 5.32 Å². The molecule has 0 heterocycles. The van der Waals surface area contributed by atoms with E-state index in [1.807, 2.05) is 6.07 Å². The first-order valence-corrected chi connectivity index (χ1v) is 8.51. The van der Waals surface area contributed by atoms with Gasteiger partial charge in [0.25, 0.3) is 0 Å². The van der Waals surface area contributed by atoms with Crippen molar-refractivity contribution in [3.05, 3.63) is 62.8 Å². The SMILES string of the molecule is O=C(CSCc1ccc(Cl)cc1Cl)Nc1ccc(F)c(Cl)c1. The second kappa shape index (κ2) is 8.06. The molecule has 0 saturated heterocycles. The summed E-state index contributed by atoms with van der Waals surface area (Å²) in [5.41, 5.74) is 1.37. The van der Waals surface area contributed by atoms with Gasteiger partial charge in [0.05, 0.1) is 10.8 Å². The van der Waals surface area contributed by atoms with Gasteiger partial charge in [-0.25, -0.2) is 4.39 Å². The predicted octanol–water partition coefficient (Wildman–Crippen LogP) is 5.66. The van der Waals surface area contributed by atoms with E-state index in [9.17, 15) is 9.18 Å². The van der Waals surface area contributed by atoms with Crippen molar-refractivity contribution < 1.29 is 9.18 Å². The van der Waals surface area contributed by atoms with Gasteiger partial charge in [-0.05, 0) is 35.9 Å². The summed E-state index contributed by atoms with van der Waals surface area (Å²) in [6.45, 7) is 0. The highest BCUT2D eigenvalue weighted by molar-refractivity contribution is 7.99. The third kappa shape index (κ3) is 5.06. The minimum Gasteiger partial charge on any atom is -0.325 e. The van der Waals surface area contributed by atoms with Gasteiger partial charge in [0.15, 0.2) is 0 Å². The fourth-order valence-corrected chi connectivity index (χ4v) is 3.23. The highest BCUT2D eigenvalue weighted by Crippen LogP contribution is 2.25. The van der Waals surface area contributed by atoms with Gasteiger partial charge in [0, 0.05) is 21.5 Å². The van der Waals surface area contributed by atoms with E-state index in [4.69, 9.17) is 34.8 Å². The molecule has 7 heteroatoms. The lowest BCUT2D eigenvalue weighted by atomic mass is 10.2. The standard InChI is InChI=1S/C15H11Cl3FNOS/c16-10-2-1-9(12(17)5-10)7-22-8-15(21)20-11-3-4-14(19)13(18)6-11/h1-6H,7-8H2,(H,20,21). The summed E-state index contributed by atoms with van der Waals surface area (Å²) < 4.78 is 13.0. The van der Waals surface area contributed by atoms with Crippen LogP contribution in [-0.4, -0.2) is 11.7 Å². The minimum absolute atomic E-state index is 0.0293. The average Bonchev–Trinajstić information content (AvgIpc) is 2.45. The van der Waals surface area contributed by atoms with E-state index < -0.39 is 5.82 Å². The molecule has 0 saturated carbocycles. The molecular weight excluding hydrogens is 368 g/mol. The average molecular weight is 379 g/mol. The summed E-state index contributed by atoms with van der Waals surface area (Å²) in [5.74, 6) is 0.117. The zero-order valence-corrected chi connectivity index (χ0v) is 14.3. The van der Waals surface area contributed by atoms with Gasteiger partial charge in [-0.3, -0.25) is 4.79 Å². The molecule has 0 unspecified atom stereocenters. The van der Waals surface area contributed by atoms with Gasteiger partial charge in [-0.1, -0.05) is 40.9 Å². The summed E-state index contributed by atoms with van der Waals surface area (Å²) in [7, 11) is 0. The third-order valence-electron chi connectivity index (χ3n) is 2.71. The molecule has 0 spiro atoms. The minimum atomic E-state index is -0.522. The monoisotopic (exact) mass is 377 g/mol. The van der Waals surface area contributed by atoms with Crippen LogP contribution in [0.5, 0.6) is 0 Å². The van der Waals surface area contributed by atoms with Crippen LogP contribution in [0.2, 0.25) is 15.1 Å². The maximum Gasteiger partial charge on any atom is 0.234 e. The Kier molecular flexibility index (Phi) is 6.38. The fraction of sp³-hybridized carbons (Fsp3) is 0.133. The fourth-order valence-electron chi connectivity index (χ4n) is 1.66. The summed E-state index contributed by atoms with van der Waals surface area (Å²) >= 11 is 19.0. The summed E-state index contributed by atoms with van der Waals surface area (Å²) in [4.78, 5) is 11.8. The largest absolute Gasteiger partial charge is 0.325 e. The number of hydrogen-bond acceptors (Lipinski definition) is 2. The Hall–Kier alpha value is -0.940. The molecule has 116 valence electrons. The van der Waals surface area contributed by atoms with Crippen LogP contribution in [0.1, 0.15) is 5.56 Å². The Labute approximate surface area is 146 Å². The number of benzene rings is 2. The zero-order chi connectivity index (χ0) is 16.1. The first kappa shape index (κ1) is 17.4. The van der Waals surface area contributed by atoms with Gasteiger partial charge in [0.2, 0.25) is 5.91 Å². The molecule has 0 radical (unpaired) electrons. The number of anilines is 1. The number of nitrogens with one attached hydrogen (secondary N) is 1. The molecule has 22 heavy (non-hydrogen) atoms. The van der Waals surface area contributed by atoms with Crippen LogP contribution in [0.25, 0.3) is 0 Å². The maximum atomic E-state index is 13.0. The summed E-state index contributed by atoms with van der Waals surface area (Å²) in [6.07, 6.45) is 0. The first-order chi connectivity index (χ1) is 10.5. The molecule has 0 fully saturated rings. The van der Waals surface area contributed by atoms with Gasteiger partial charge >= 0.3 is 0 Å². The van der Waals surface area contributed by atoms with Crippen LogP contribution in [-0.2, 0) is 10.5 Å². The van der Waals surface area contributed by atoms with Gasteiger partial charge in [-0.15, -0.1) is 11.8 Å². The van der Waals surface area contributed by atoms with Crippen LogP contribution in [0.3, 0.4) is 0 Å². The lowest BCUT2D eigenvalue weighted by molar-refractivity contribution is -0.113. The van der Waals surface area contributed by atoms with E-state index in [1.165, 1.54) is 30.0 Å². The van der Waals surface area contributed by atoms with Crippen molar-refractivity contribution in [2.45, 2.75) is 5.75 Å². The lowest BCUT2D eigenvalue weighted by Crippen LogP contribution is -2.14. The van der Waals surface area contributed by atoms with Gasteiger partial charge < -0.3 is 5.32 Å². The Morgan fingerprint density at radius 3 is 2.55 bits per heavy atom. The molecule has 0 aliphatic heterocycles. The Bertz CT molecular complexity index is 696. The van der Waals surface area contributed by atoms with E-state index in [0.717, 1.165) is 5.56 Å². The second-order valence-corrected chi connectivity index (χ2v) is 6.64. The summed E-state index contributed by atoms with van der Waals surface area (Å²) in [6, 6.07) is 9.28. The molecule has 0 bridgehead atoms. The normalized spacial score (nSPS) is 10.5. The molecule has 0 atom stereocenters. The summed E-state index contributed by atoms with van der Waals surface area (Å²) in [5, 5.41) is 3.77. The van der Waals surface area contributed by atoms with Crippen LogP contribution in [0, 0.1) is 5.82 Å². The maximum absolute atomic E-state index is 13.0. The molecule has 2 aromatic rings. The van der Waals surface area contributed by atoms with Crippen molar-refractivity contribution in [2.75, 3.05) is 11.1 Å². The second-order valence-electron chi connectivity index (χ2n) is 4.41. The van der Waals surface area contributed by atoms with Crippen molar-refractivity contribution in [1.29, 1.82) is 0 Å². The van der Waals surface area contributed by atoms with Crippen molar-refractivity contribution in [1.82, 2.24) is 0 Å². The van der Waals surface area contributed by atoms with Crippen LogP contribution in [0.15, 0.2) is 36.4 Å². The van der Waals surface area contributed by atoms with E-state index in [2.05, 4.69) is 5.32 Å².